The molecule has 7 N–H and O–H groups in total. The Morgan fingerprint density at radius 3 is 2.28 bits per heavy atom. The van der Waals surface area contributed by atoms with E-state index >= 15 is 0 Å². The molecule has 2 fully saturated rings. The van der Waals surface area contributed by atoms with Crippen molar-refractivity contribution in [2.45, 2.75) is 94.0 Å². The number of ether oxygens (including phenoxy) is 4. The molecule has 2 heterocycles. The Morgan fingerprint density at radius 1 is 1.00 bits per heavy atom. The lowest BCUT2D eigenvalue weighted by Crippen LogP contribution is -2.68. The number of unbranched alkanes of at least 4 members (excludes halogenated alkanes) is 3. The van der Waals surface area contributed by atoms with Crippen LogP contribution in [0, 0.1) is 0 Å². The standard InChI is InChI=1S/C20H36N4O14S/c1-10(26)23-13-18(38-20-17(30)16(29)14(27)12(37-20)9-35-39(31,32)33)15(28)11(8-25)36-19(13)34-7-5-3-2-4-6-22-24-21/h11-20,25,27-30H,2-9H2,1H3,(H,23,26)(H,31,32,33)/t11-,12-,13-,14+,15-,16+,17-,18-,19-,20+/m1/s1. The van der Waals surface area contributed by atoms with Crippen molar-refractivity contribution in [2.24, 2.45) is 5.11 Å². The van der Waals surface area contributed by atoms with Gasteiger partial charge in [0.25, 0.3) is 0 Å². The summed E-state index contributed by atoms with van der Waals surface area (Å²) in [5, 5.41) is 57.3. The van der Waals surface area contributed by atoms with Gasteiger partial charge in [-0.2, -0.15) is 8.42 Å². The predicted molar refractivity (Wildman–Crippen MR) is 127 cm³/mol. The van der Waals surface area contributed by atoms with Crippen LogP contribution in [0.15, 0.2) is 5.11 Å². The van der Waals surface area contributed by atoms with E-state index in [0.29, 0.717) is 19.4 Å². The highest BCUT2D eigenvalue weighted by atomic mass is 32.3. The number of carbonyl (C=O) groups is 1. The van der Waals surface area contributed by atoms with Crippen LogP contribution in [0.1, 0.15) is 32.6 Å². The minimum Gasteiger partial charge on any atom is -0.394 e. The summed E-state index contributed by atoms with van der Waals surface area (Å²) in [7, 11) is -4.93. The largest absolute Gasteiger partial charge is 0.397 e. The molecule has 39 heavy (non-hydrogen) atoms. The molecule has 18 nitrogen and oxygen atoms in total. The van der Waals surface area contributed by atoms with Crippen molar-refractivity contribution in [2.75, 3.05) is 26.4 Å². The molecule has 10 atom stereocenters. The molecular formula is C20H36N4O14S. The van der Waals surface area contributed by atoms with Gasteiger partial charge in [0.15, 0.2) is 12.6 Å². The monoisotopic (exact) mass is 588 g/mol. The molecular weight excluding hydrogens is 552 g/mol. The number of hydrogen-bond acceptors (Lipinski definition) is 14. The third-order valence-electron chi connectivity index (χ3n) is 6.06. The van der Waals surface area contributed by atoms with Crippen LogP contribution in [0.25, 0.3) is 10.4 Å². The lowest BCUT2D eigenvalue weighted by molar-refractivity contribution is -0.344. The fourth-order valence-electron chi connectivity index (χ4n) is 4.12. The molecule has 0 saturated carbocycles. The quantitative estimate of drug-likeness (QED) is 0.0341. The minimum atomic E-state index is -4.93. The van der Waals surface area contributed by atoms with Crippen LogP contribution in [0.4, 0.5) is 0 Å². The first-order chi connectivity index (χ1) is 18.4. The highest BCUT2D eigenvalue weighted by Crippen LogP contribution is 2.30. The van der Waals surface area contributed by atoms with Crippen LogP contribution in [0.3, 0.4) is 0 Å². The molecule has 0 radical (unpaired) electrons. The molecule has 0 aliphatic carbocycles. The summed E-state index contributed by atoms with van der Waals surface area (Å²) in [6.45, 7) is 0.0472. The summed E-state index contributed by atoms with van der Waals surface area (Å²) >= 11 is 0. The number of carbonyl (C=O) groups excluding carboxylic acids is 1. The first kappa shape index (κ1) is 33.5. The number of aliphatic hydroxyl groups excluding tert-OH is 5. The Morgan fingerprint density at radius 2 is 1.67 bits per heavy atom. The zero-order chi connectivity index (χ0) is 29.2. The average Bonchev–Trinajstić information content (AvgIpc) is 2.87. The van der Waals surface area contributed by atoms with Gasteiger partial charge >= 0.3 is 10.4 Å². The van der Waals surface area contributed by atoms with Gasteiger partial charge in [0.05, 0.1) is 13.2 Å². The molecule has 2 aliphatic rings. The first-order valence-corrected chi connectivity index (χ1v) is 13.6. The van der Waals surface area contributed by atoms with Crippen LogP contribution < -0.4 is 5.32 Å². The van der Waals surface area contributed by atoms with Crippen molar-refractivity contribution < 1.29 is 66.4 Å². The summed E-state index contributed by atoms with van der Waals surface area (Å²) in [5.74, 6) is -0.571. The lowest BCUT2D eigenvalue weighted by Gasteiger charge is -2.47. The van der Waals surface area contributed by atoms with E-state index < -0.39 is 90.9 Å². The summed E-state index contributed by atoms with van der Waals surface area (Å²) in [5.41, 5.74) is 8.30. The third kappa shape index (κ3) is 10.3. The molecule has 2 aliphatic heterocycles. The number of nitrogens with zero attached hydrogens (tertiary/aromatic N) is 3. The Labute approximate surface area is 224 Å². The van der Waals surface area contributed by atoms with Gasteiger partial charge in [0, 0.05) is 25.0 Å². The Hall–Kier alpha value is -1.71. The van der Waals surface area contributed by atoms with Crippen molar-refractivity contribution in [1.29, 1.82) is 0 Å². The predicted octanol–water partition coefficient (Wildman–Crippen LogP) is -2.53. The van der Waals surface area contributed by atoms with Crippen LogP contribution in [-0.2, 0) is 38.3 Å². The van der Waals surface area contributed by atoms with E-state index in [1.165, 1.54) is 6.92 Å². The van der Waals surface area contributed by atoms with Gasteiger partial charge in [-0.15, -0.1) is 0 Å². The first-order valence-electron chi connectivity index (χ1n) is 12.2. The normalized spacial score (nSPS) is 35.3. The third-order valence-corrected chi connectivity index (χ3v) is 6.50. The molecule has 1 amide bonds. The van der Waals surface area contributed by atoms with E-state index in [9.17, 15) is 38.7 Å². The molecule has 0 spiro atoms. The second-order valence-electron chi connectivity index (χ2n) is 9.01. The van der Waals surface area contributed by atoms with Gasteiger partial charge in [-0.05, 0) is 18.4 Å². The highest BCUT2D eigenvalue weighted by molar-refractivity contribution is 7.80. The number of aliphatic hydroxyl groups is 5. The Kier molecular flexibility index (Phi) is 13.7. The average molecular weight is 589 g/mol. The van der Waals surface area contributed by atoms with Crippen molar-refractivity contribution in [3.63, 3.8) is 0 Å². The highest BCUT2D eigenvalue weighted by Gasteiger charge is 2.51. The van der Waals surface area contributed by atoms with Gasteiger partial charge in [0.1, 0.15) is 48.8 Å². The maximum Gasteiger partial charge on any atom is 0.397 e. The molecule has 2 saturated heterocycles. The van der Waals surface area contributed by atoms with E-state index in [4.69, 9.17) is 29.0 Å². The zero-order valence-corrected chi connectivity index (χ0v) is 21.9. The fourth-order valence-corrected chi connectivity index (χ4v) is 4.42. The zero-order valence-electron chi connectivity index (χ0n) is 21.1. The van der Waals surface area contributed by atoms with Crippen LogP contribution in [0.2, 0.25) is 0 Å². The Bertz CT molecular complexity index is 922. The molecule has 0 bridgehead atoms. The molecule has 0 aromatic heterocycles. The maximum atomic E-state index is 12.0. The smallest absolute Gasteiger partial charge is 0.394 e. The molecule has 2 rings (SSSR count). The second-order valence-corrected chi connectivity index (χ2v) is 10.1. The summed E-state index contributed by atoms with van der Waals surface area (Å²) < 4.78 is 57.3. The van der Waals surface area contributed by atoms with Gasteiger partial charge in [-0.1, -0.05) is 18.0 Å². The maximum absolute atomic E-state index is 12.0. The van der Waals surface area contributed by atoms with E-state index in [-0.39, 0.29) is 6.61 Å². The number of amides is 1. The van der Waals surface area contributed by atoms with Gasteiger partial charge < -0.3 is 49.8 Å². The van der Waals surface area contributed by atoms with Crippen LogP contribution >= 0.6 is 0 Å². The van der Waals surface area contributed by atoms with Gasteiger partial charge in [-0.3, -0.25) is 9.35 Å². The van der Waals surface area contributed by atoms with E-state index in [2.05, 4.69) is 19.5 Å². The molecule has 19 heteroatoms. The van der Waals surface area contributed by atoms with Crippen LogP contribution in [-0.4, -0.2) is 132 Å². The van der Waals surface area contributed by atoms with Crippen molar-refractivity contribution in [3.8, 4) is 0 Å². The molecule has 226 valence electrons. The Balaban J connectivity index is 2.15. The lowest BCUT2D eigenvalue weighted by atomic mass is 9.95. The van der Waals surface area contributed by atoms with E-state index in [0.717, 1.165) is 12.8 Å². The summed E-state index contributed by atoms with van der Waals surface area (Å²) in [6, 6.07) is -1.21. The number of hydrogen-bond donors (Lipinski definition) is 7. The van der Waals surface area contributed by atoms with Crippen molar-refractivity contribution in [1.82, 2.24) is 5.32 Å². The summed E-state index contributed by atoms with van der Waals surface area (Å²) in [6.07, 6.45) is -11.9. The SMILES string of the molecule is CC(=O)N[C@H]1[C@H](OCCCCCCN=[N+]=[N-])O[C@H](CO)[C@@H](O)[C@@H]1O[C@@H]1O[C@H](COS(=O)(=O)O)[C@H](O)[C@H](O)[C@H]1O. The van der Waals surface area contributed by atoms with E-state index in [1.807, 2.05) is 0 Å². The molecule has 0 aromatic carbocycles. The van der Waals surface area contributed by atoms with Gasteiger partial charge in [0.2, 0.25) is 5.91 Å². The molecule has 0 aromatic rings. The number of azide groups is 1. The molecule has 0 unspecified atom stereocenters. The number of rotatable bonds is 15. The topological polar surface area (TPSA) is 280 Å². The van der Waals surface area contributed by atoms with E-state index in [1.54, 1.807) is 0 Å². The van der Waals surface area contributed by atoms with Crippen molar-refractivity contribution in [3.05, 3.63) is 10.4 Å². The fraction of sp³-hybridized carbons (Fsp3) is 0.950. The summed E-state index contributed by atoms with van der Waals surface area (Å²) in [4.78, 5) is 14.6. The van der Waals surface area contributed by atoms with Crippen LogP contribution in [0.5, 0.6) is 0 Å². The minimum absolute atomic E-state index is 0.145. The second kappa shape index (κ2) is 15.9. The van der Waals surface area contributed by atoms with Crippen molar-refractivity contribution >= 4 is 16.3 Å². The number of nitrogens with one attached hydrogen (secondary N) is 1. The van der Waals surface area contributed by atoms with Gasteiger partial charge in [-0.25, -0.2) is 4.18 Å².